The van der Waals surface area contributed by atoms with Crippen molar-refractivity contribution in [1.82, 2.24) is 0 Å². The van der Waals surface area contributed by atoms with Crippen LogP contribution in [0.25, 0.3) is 0 Å². The number of carbonyl (C=O) groups is 1. The number of hydrogen-bond donors (Lipinski definition) is 0. The quantitative estimate of drug-likeness (QED) is 0.253. The lowest BCUT2D eigenvalue weighted by Crippen LogP contribution is -2.00. The summed E-state index contributed by atoms with van der Waals surface area (Å²) in [4.78, 5) is 20.2. The molecule has 0 saturated heterocycles. The molecule has 4 heteroatoms. The summed E-state index contributed by atoms with van der Waals surface area (Å²) in [6, 6.07) is 0. The minimum Gasteiger partial charge on any atom is -0.295 e. The zero-order chi connectivity index (χ0) is 9.40. The molecule has 0 fully saturated rings. The zero-order valence-electron chi connectivity index (χ0n) is 6.99. The molecule has 0 N–H and O–H groups in total. The molecule has 0 amide bonds. The Bertz CT molecular complexity index is 177. The molecule has 0 unspecified atom stereocenters. The number of nitrogens with zero attached hydrogens (tertiary/aromatic N) is 1. The van der Waals surface area contributed by atoms with Crippen LogP contribution >= 0.6 is 0 Å². The third kappa shape index (κ3) is 6.92. The van der Waals surface area contributed by atoms with Crippen LogP contribution < -0.4 is 0 Å². The molecule has 0 aliphatic heterocycles. The summed E-state index contributed by atoms with van der Waals surface area (Å²) >= 11 is 0. The van der Waals surface area contributed by atoms with E-state index in [0.717, 1.165) is 12.8 Å². The fourth-order valence-electron chi connectivity index (χ4n) is 0.819. The van der Waals surface area contributed by atoms with E-state index in [4.69, 9.17) is 0 Å². The lowest BCUT2D eigenvalue weighted by Gasteiger charge is -1.94. The molecule has 0 aliphatic carbocycles. The third-order valence-corrected chi connectivity index (χ3v) is 1.49. The van der Waals surface area contributed by atoms with E-state index >= 15 is 0 Å². The number of nitro groups is 1. The van der Waals surface area contributed by atoms with E-state index in [1.54, 1.807) is 0 Å². The molecule has 68 valence electrons. The highest BCUT2D eigenvalue weighted by molar-refractivity contribution is 5.88. The fraction of sp³-hybridized carbons (Fsp3) is 0.625. The summed E-state index contributed by atoms with van der Waals surface area (Å²) in [6.45, 7) is 3.33. The summed E-state index contributed by atoms with van der Waals surface area (Å²) < 4.78 is 0. The van der Waals surface area contributed by atoms with Gasteiger partial charge in [-0.25, -0.2) is 0 Å². The predicted octanol–water partition coefficient (Wildman–Crippen LogP) is 1.58. The van der Waals surface area contributed by atoms with Gasteiger partial charge in [0.2, 0.25) is 6.54 Å². The highest BCUT2D eigenvalue weighted by atomic mass is 16.6. The van der Waals surface area contributed by atoms with Gasteiger partial charge >= 0.3 is 0 Å². The van der Waals surface area contributed by atoms with Crippen molar-refractivity contribution in [2.45, 2.75) is 25.7 Å². The summed E-state index contributed by atoms with van der Waals surface area (Å²) in [7, 11) is 0. The maximum atomic E-state index is 10.7. The molecule has 0 rings (SSSR count). The molecule has 4 nitrogen and oxygen atoms in total. The first-order valence-electron chi connectivity index (χ1n) is 3.94. The van der Waals surface area contributed by atoms with Crippen molar-refractivity contribution < 1.29 is 9.72 Å². The summed E-state index contributed by atoms with van der Waals surface area (Å²) in [5.41, 5.74) is 0. The molecule has 0 aromatic carbocycles. The van der Waals surface area contributed by atoms with Crippen LogP contribution in [0, 0.1) is 10.1 Å². The van der Waals surface area contributed by atoms with E-state index in [2.05, 4.69) is 6.58 Å². The summed E-state index contributed by atoms with van der Waals surface area (Å²) in [5.74, 6) is 0.0103. The van der Waals surface area contributed by atoms with Crippen LogP contribution in [0.5, 0.6) is 0 Å². The lowest BCUT2D eigenvalue weighted by molar-refractivity contribution is -0.480. The highest BCUT2D eigenvalue weighted by Gasteiger charge is 1.98. The highest BCUT2D eigenvalue weighted by Crippen LogP contribution is 2.00. The molecule has 0 saturated carbocycles. The Hall–Kier alpha value is -1.19. The van der Waals surface area contributed by atoms with E-state index in [9.17, 15) is 14.9 Å². The van der Waals surface area contributed by atoms with Crippen molar-refractivity contribution in [3.05, 3.63) is 22.8 Å². The van der Waals surface area contributed by atoms with Crippen LogP contribution in [-0.4, -0.2) is 17.3 Å². The average molecular weight is 171 g/mol. The number of unbranched alkanes of at least 4 members (excludes halogenated alkanes) is 2. The third-order valence-electron chi connectivity index (χ3n) is 1.49. The van der Waals surface area contributed by atoms with Crippen LogP contribution in [0.4, 0.5) is 0 Å². The molecule has 0 heterocycles. The Morgan fingerprint density at radius 1 is 1.42 bits per heavy atom. The predicted molar refractivity (Wildman–Crippen MR) is 45.5 cm³/mol. The van der Waals surface area contributed by atoms with Crippen LogP contribution in [0.1, 0.15) is 25.7 Å². The van der Waals surface area contributed by atoms with Crippen molar-refractivity contribution >= 4 is 5.78 Å². The molecule has 0 aromatic rings. The van der Waals surface area contributed by atoms with Gasteiger partial charge in [0, 0.05) is 17.8 Å². The van der Waals surface area contributed by atoms with Gasteiger partial charge in [-0.05, 0) is 18.9 Å². The van der Waals surface area contributed by atoms with E-state index in [0.29, 0.717) is 12.8 Å². The Morgan fingerprint density at radius 3 is 2.58 bits per heavy atom. The van der Waals surface area contributed by atoms with Gasteiger partial charge in [0.25, 0.3) is 0 Å². The number of rotatable bonds is 7. The standard InChI is InChI=1S/C8H13NO3/c1-2-8(10)6-4-3-5-7-9(11)12/h2H,1,3-7H2. The first-order chi connectivity index (χ1) is 5.66. The molecule has 0 bridgehead atoms. The van der Waals surface area contributed by atoms with Gasteiger partial charge in [-0.2, -0.15) is 0 Å². The van der Waals surface area contributed by atoms with E-state index in [1.165, 1.54) is 6.08 Å². The maximum Gasteiger partial charge on any atom is 0.203 e. The van der Waals surface area contributed by atoms with Crippen molar-refractivity contribution in [2.24, 2.45) is 0 Å². The first-order valence-corrected chi connectivity index (χ1v) is 3.94. The first kappa shape index (κ1) is 10.8. The Morgan fingerprint density at radius 2 is 2.08 bits per heavy atom. The van der Waals surface area contributed by atoms with Crippen LogP contribution in [0.3, 0.4) is 0 Å². The second kappa shape index (κ2) is 6.52. The molecule has 0 spiro atoms. The Kier molecular flexibility index (Phi) is 5.87. The minimum absolute atomic E-state index is 0.00226. The van der Waals surface area contributed by atoms with Gasteiger partial charge in [0.15, 0.2) is 5.78 Å². The smallest absolute Gasteiger partial charge is 0.203 e. The average Bonchev–Trinajstić information content (AvgIpc) is 2.03. The Balaban J connectivity index is 3.16. The maximum absolute atomic E-state index is 10.7. The minimum atomic E-state index is -0.338. The van der Waals surface area contributed by atoms with Crippen molar-refractivity contribution in [2.75, 3.05) is 6.54 Å². The van der Waals surface area contributed by atoms with Gasteiger partial charge in [-0.15, -0.1) is 0 Å². The molecule has 0 aliphatic rings. The fourth-order valence-corrected chi connectivity index (χ4v) is 0.819. The number of ketones is 1. The van der Waals surface area contributed by atoms with Gasteiger partial charge in [0.05, 0.1) is 0 Å². The summed E-state index contributed by atoms with van der Waals surface area (Å²) in [6.07, 6.45) is 3.76. The van der Waals surface area contributed by atoms with E-state index < -0.39 is 0 Å². The van der Waals surface area contributed by atoms with Gasteiger partial charge in [-0.1, -0.05) is 6.58 Å². The van der Waals surface area contributed by atoms with Crippen LogP contribution in [-0.2, 0) is 4.79 Å². The monoisotopic (exact) mass is 171 g/mol. The molecular weight excluding hydrogens is 158 g/mol. The molecular formula is C8H13NO3. The number of carbonyl (C=O) groups excluding carboxylic acids is 1. The topological polar surface area (TPSA) is 60.2 Å². The van der Waals surface area contributed by atoms with Crippen molar-refractivity contribution in [3.8, 4) is 0 Å². The van der Waals surface area contributed by atoms with Crippen molar-refractivity contribution in [1.29, 1.82) is 0 Å². The second-order valence-corrected chi connectivity index (χ2v) is 2.54. The van der Waals surface area contributed by atoms with E-state index in [1.807, 2.05) is 0 Å². The van der Waals surface area contributed by atoms with Gasteiger partial charge < -0.3 is 0 Å². The van der Waals surface area contributed by atoms with Gasteiger partial charge in [-0.3, -0.25) is 14.9 Å². The molecule has 12 heavy (non-hydrogen) atoms. The van der Waals surface area contributed by atoms with Crippen molar-refractivity contribution in [3.63, 3.8) is 0 Å². The Labute approximate surface area is 71.4 Å². The van der Waals surface area contributed by atoms with E-state index in [-0.39, 0.29) is 17.3 Å². The molecule has 0 aromatic heterocycles. The molecule has 0 atom stereocenters. The largest absolute Gasteiger partial charge is 0.295 e. The van der Waals surface area contributed by atoms with Crippen LogP contribution in [0.2, 0.25) is 0 Å². The van der Waals surface area contributed by atoms with Crippen LogP contribution in [0.15, 0.2) is 12.7 Å². The molecule has 0 radical (unpaired) electrons. The number of hydrogen-bond acceptors (Lipinski definition) is 3. The van der Waals surface area contributed by atoms with Gasteiger partial charge in [0.1, 0.15) is 0 Å². The SMILES string of the molecule is C=CC(=O)CCCCC[N+](=O)[O-]. The second-order valence-electron chi connectivity index (χ2n) is 2.54. The lowest BCUT2D eigenvalue weighted by atomic mass is 10.1. The zero-order valence-corrected chi connectivity index (χ0v) is 6.99. The number of allylic oxidation sites excluding steroid dienone is 1. The normalized spacial score (nSPS) is 9.33. The summed E-state index contributed by atoms with van der Waals surface area (Å²) in [5, 5.41) is 9.87.